The van der Waals surface area contributed by atoms with E-state index in [9.17, 15) is 9.59 Å². The van der Waals surface area contributed by atoms with Gasteiger partial charge in [-0.3, -0.25) is 14.6 Å². The maximum Gasteiger partial charge on any atom is 0.305 e. The van der Waals surface area contributed by atoms with E-state index in [1.165, 1.54) is 0 Å². The number of carbonyl (C=O) groups excluding carboxylic acids is 1. The van der Waals surface area contributed by atoms with Crippen molar-refractivity contribution < 1.29 is 14.7 Å². The highest BCUT2D eigenvalue weighted by Gasteiger charge is 2.29. The third kappa shape index (κ3) is 3.49. The first-order valence-electron chi connectivity index (χ1n) is 6.37. The monoisotopic (exact) mass is 295 g/mol. The molecule has 0 aliphatic carbocycles. The SMILES string of the molecule is NCc1cc(C(=O)N2CCSCC2CC(=O)O)ccn1. The van der Waals surface area contributed by atoms with Crippen molar-refractivity contribution in [2.75, 3.05) is 18.1 Å². The van der Waals surface area contributed by atoms with Crippen LogP contribution in [0.4, 0.5) is 0 Å². The Balaban J connectivity index is 2.18. The number of carboxylic acids is 1. The molecule has 2 heterocycles. The third-order valence-electron chi connectivity index (χ3n) is 3.17. The van der Waals surface area contributed by atoms with E-state index >= 15 is 0 Å². The van der Waals surface area contributed by atoms with Crippen LogP contribution in [0.2, 0.25) is 0 Å². The zero-order chi connectivity index (χ0) is 14.5. The molecular formula is C13H17N3O3S. The number of hydrogen-bond acceptors (Lipinski definition) is 5. The highest BCUT2D eigenvalue weighted by Crippen LogP contribution is 2.21. The maximum atomic E-state index is 12.5. The van der Waals surface area contributed by atoms with Gasteiger partial charge in [0, 0.05) is 36.4 Å². The van der Waals surface area contributed by atoms with Crippen molar-refractivity contribution in [3.8, 4) is 0 Å². The minimum atomic E-state index is -0.882. The molecule has 1 aliphatic heterocycles. The summed E-state index contributed by atoms with van der Waals surface area (Å²) in [6, 6.07) is 3.05. The third-order valence-corrected chi connectivity index (χ3v) is 4.26. The molecule has 1 aromatic heterocycles. The Hall–Kier alpha value is -1.60. The maximum absolute atomic E-state index is 12.5. The second-order valence-electron chi connectivity index (χ2n) is 4.57. The molecule has 20 heavy (non-hydrogen) atoms. The van der Waals surface area contributed by atoms with Gasteiger partial charge in [0.1, 0.15) is 0 Å². The lowest BCUT2D eigenvalue weighted by Crippen LogP contribution is -2.47. The van der Waals surface area contributed by atoms with Crippen molar-refractivity contribution in [3.63, 3.8) is 0 Å². The molecule has 2 rings (SSSR count). The van der Waals surface area contributed by atoms with Crippen molar-refractivity contribution in [2.45, 2.75) is 19.0 Å². The van der Waals surface area contributed by atoms with Crippen LogP contribution in [0, 0.1) is 0 Å². The summed E-state index contributed by atoms with van der Waals surface area (Å²) in [5.74, 6) is 0.463. The van der Waals surface area contributed by atoms with Gasteiger partial charge in [0.15, 0.2) is 0 Å². The van der Waals surface area contributed by atoms with Gasteiger partial charge >= 0.3 is 5.97 Å². The highest BCUT2D eigenvalue weighted by atomic mass is 32.2. The molecule has 1 aliphatic rings. The number of aliphatic carboxylic acids is 1. The number of amides is 1. The van der Waals surface area contributed by atoms with E-state index in [1.54, 1.807) is 35.0 Å². The summed E-state index contributed by atoms with van der Waals surface area (Å²) >= 11 is 1.68. The number of hydrogen-bond donors (Lipinski definition) is 2. The standard InChI is InChI=1S/C13H17N3O3S/c14-7-10-5-9(1-2-15-10)13(19)16-3-4-20-8-11(16)6-12(17)18/h1-2,5,11H,3-4,6-8,14H2,(H,17,18). The van der Waals surface area contributed by atoms with Crippen molar-refractivity contribution in [3.05, 3.63) is 29.6 Å². The molecule has 1 unspecified atom stereocenters. The smallest absolute Gasteiger partial charge is 0.305 e. The number of thioether (sulfide) groups is 1. The summed E-state index contributed by atoms with van der Waals surface area (Å²) in [6.07, 6.45) is 1.54. The summed E-state index contributed by atoms with van der Waals surface area (Å²) in [5, 5.41) is 8.94. The first-order chi connectivity index (χ1) is 9.61. The van der Waals surface area contributed by atoms with Gasteiger partial charge in [0.2, 0.25) is 0 Å². The molecule has 7 heteroatoms. The van der Waals surface area contributed by atoms with Crippen LogP contribution in [0.1, 0.15) is 22.5 Å². The molecule has 0 saturated carbocycles. The second kappa shape index (κ2) is 6.71. The van der Waals surface area contributed by atoms with E-state index in [-0.39, 0.29) is 24.9 Å². The van der Waals surface area contributed by atoms with E-state index in [1.807, 2.05) is 0 Å². The number of pyridine rings is 1. The topological polar surface area (TPSA) is 96.5 Å². The Labute approximate surface area is 121 Å². The highest BCUT2D eigenvalue weighted by molar-refractivity contribution is 7.99. The predicted molar refractivity (Wildman–Crippen MR) is 76.5 cm³/mol. The number of rotatable bonds is 4. The molecule has 1 saturated heterocycles. The van der Waals surface area contributed by atoms with Crippen molar-refractivity contribution >= 4 is 23.6 Å². The Kier molecular flexibility index (Phi) is 4.97. The normalized spacial score (nSPS) is 18.9. The second-order valence-corrected chi connectivity index (χ2v) is 5.71. The number of nitrogens with zero attached hydrogens (tertiary/aromatic N) is 2. The fourth-order valence-electron chi connectivity index (χ4n) is 2.18. The molecule has 1 atom stereocenters. The molecule has 3 N–H and O–H groups in total. The van der Waals surface area contributed by atoms with E-state index in [2.05, 4.69) is 4.98 Å². The van der Waals surface area contributed by atoms with Gasteiger partial charge in [0.25, 0.3) is 5.91 Å². The van der Waals surface area contributed by atoms with Crippen LogP contribution in [0.15, 0.2) is 18.3 Å². The average molecular weight is 295 g/mol. The molecule has 0 spiro atoms. The summed E-state index contributed by atoms with van der Waals surface area (Å²) in [5.41, 5.74) is 6.69. The van der Waals surface area contributed by atoms with Gasteiger partial charge in [-0.15, -0.1) is 0 Å². The number of carboxylic acid groups (broad SMARTS) is 1. The molecule has 108 valence electrons. The summed E-state index contributed by atoms with van der Waals surface area (Å²) < 4.78 is 0. The van der Waals surface area contributed by atoms with Crippen LogP contribution >= 0.6 is 11.8 Å². The van der Waals surface area contributed by atoms with Crippen LogP contribution in [0.3, 0.4) is 0 Å². The van der Waals surface area contributed by atoms with Crippen LogP contribution in [0.25, 0.3) is 0 Å². The quantitative estimate of drug-likeness (QED) is 0.843. The predicted octanol–water partition coefficient (Wildman–Crippen LogP) is 0.573. The lowest BCUT2D eigenvalue weighted by Gasteiger charge is -2.34. The van der Waals surface area contributed by atoms with Gasteiger partial charge in [-0.05, 0) is 12.1 Å². The van der Waals surface area contributed by atoms with Crippen LogP contribution < -0.4 is 5.73 Å². The van der Waals surface area contributed by atoms with E-state index in [0.29, 0.717) is 23.6 Å². The summed E-state index contributed by atoms with van der Waals surface area (Å²) in [4.78, 5) is 29.1. The largest absolute Gasteiger partial charge is 0.481 e. The minimum absolute atomic E-state index is 0.0203. The van der Waals surface area contributed by atoms with Gasteiger partial charge in [0.05, 0.1) is 18.2 Å². The molecule has 6 nitrogen and oxygen atoms in total. The number of nitrogens with two attached hydrogens (primary N) is 1. The average Bonchev–Trinajstić information content (AvgIpc) is 2.46. The van der Waals surface area contributed by atoms with E-state index < -0.39 is 5.97 Å². The lowest BCUT2D eigenvalue weighted by atomic mass is 10.1. The minimum Gasteiger partial charge on any atom is -0.481 e. The van der Waals surface area contributed by atoms with Crippen LogP contribution in [0.5, 0.6) is 0 Å². The number of carbonyl (C=O) groups is 2. The van der Waals surface area contributed by atoms with Crippen LogP contribution in [-0.4, -0.2) is 51.0 Å². The molecular weight excluding hydrogens is 278 g/mol. The fraction of sp³-hybridized carbons (Fsp3) is 0.462. The van der Waals surface area contributed by atoms with Gasteiger partial charge in [-0.25, -0.2) is 0 Å². The van der Waals surface area contributed by atoms with E-state index in [0.717, 1.165) is 5.75 Å². The zero-order valence-corrected chi connectivity index (χ0v) is 11.8. The van der Waals surface area contributed by atoms with Gasteiger partial charge in [-0.1, -0.05) is 0 Å². The molecule has 0 aromatic carbocycles. The fourth-order valence-corrected chi connectivity index (χ4v) is 3.24. The lowest BCUT2D eigenvalue weighted by molar-refractivity contribution is -0.138. The Morgan fingerprint density at radius 2 is 2.35 bits per heavy atom. The van der Waals surface area contributed by atoms with Crippen molar-refractivity contribution in [2.24, 2.45) is 5.73 Å². The first-order valence-corrected chi connectivity index (χ1v) is 7.52. The number of aromatic nitrogens is 1. The Morgan fingerprint density at radius 3 is 3.05 bits per heavy atom. The molecule has 1 fully saturated rings. The Bertz CT molecular complexity index is 509. The summed E-state index contributed by atoms with van der Waals surface area (Å²) in [6.45, 7) is 0.844. The zero-order valence-electron chi connectivity index (χ0n) is 11.0. The summed E-state index contributed by atoms with van der Waals surface area (Å²) in [7, 11) is 0. The van der Waals surface area contributed by atoms with E-state index in [4.69, 9.17) is 10.8 Å². The molecule has 0 bridgehead atoms. The van der Waals surface area contributed by atoms with Gasteiger partial charge in [-0.2, -0.15) is 11.8 Å². The molecule has 1 aromatic rings. The van der Waals surface area contributed by atoms with Crippen LogP contribution in [-0.2, 0) is 11.3 Å². The van der Waals surface area contributed by atoms with Crippen molar-refractivity contribution in [1.82, 2.24) is 9.88 Å². The first kappa shape index (κ1) is 14.8. The molecule has 1 amide bonds. The van der Waals surface area contributed by atoms with Gasteiger partial charge < -0.3 is 15.7 Å². The Morgan fingerprint density at radius 1 is 1.55 bits per heavy atom. The molecule has 0 radical (unpaired) electrons. The van der Waals surface area contributed by atoms with Crippen molar-refractivity contribution in [1.29, 1.82) is 0 Å².